The Morgan fingerprint density at radius 2 is 1.79 bits per heavy atom. The summed E-state index contributed by atoms with van der Waals surface area (Å²) in [4.78, 5) is 16.6. The number of halogens is 3. The van der Waals surface area contributed by atoms with E-state index in [-0.39, 0.29) is 10.7 Å². The van der Waals surface area contributed by atoms with E-state index < -0.39 is 28.5 Å². The minimum absolute atomic E-state index is 0.101. The number of rotatable bonds is 6. The van der Waals surface area contributed by atoms with Crippen LogP contribution in [0.25, 0.3) is 0 Å². The molecule has 1 unspecified atom stereocenters. The molecule has 1 aromatic heterocycles. The molecule has 0 aliphatic heterocycles. The van der Waals surface area contributed by atoms with E-state index >= 15 is 0 Å². The largest absolute Gasteiger partial charge is 0.497 e. The molecule has 1 aromatic carbocycles. The van der Waals surface area contributed by atoms with E-state index in [2.05, 4.69) is 10.3 Å². The number of aryl methyl sites for hydroxylation is 1. The van der Waals surface area contributed by atoms with Crippen LogP contribution in [-0.2, 0) is 11.0 Å². The Labute approximate surface area is 170 Å². The summed E-state index contributed by atoms with van der Waals surface area (Å²) in [5, 5.41) is 10.9. The van der Waals surface area contributed by atoms with Crippen molar-refractivity contribution in [2.45, 2.75) is 30.3 Å². The fraction of sp³-hybridized carbons (Fsp3) is 0.316. The van der Waals surface area contributed by atoms with Gasteiger partial charge in [-0.2, -0.15) is 18.4 Å². The highest BCUT2D eigenvalue weighted by Crippen LogP contribution is 2.37. The highest BCUT2D eigenvalue weighted by Gasteiger charge is 2.36. The fourth-order valence-corrected chi connectivity index (χ4v) is 3.38. The fourth-order valence-electron chi connectivity index (χ4n) is 2.41. The van der Waals surface area contributed by atoms with Gasteiger partial charge in [-0.3, -0.25) is 4.79 Å². The van der Waals surface area contributed by atoms with E-state index in [0.29, 0.717) is 17.2 Å². The molecule has 0 fully saturated rings. The van der Waals surface area contributed by atoms with E-state index in [1.165, 1.54) is 28.1 Å². The average molecular weight is 425 g/mol. The smallest absolute Gasteiger partial charge is 0.417 e. The number of methoxy groups -OCH3 is 2. The lowest BCUT2D eigenvalue weighted by Crippen LogP contribution is -2.23. The van der Waals surface area contributed by atoms with E-state index in [4.69, 9.17) is 9.47 Å². The number of carbonyl (C=O) groups excluding carboxylic acids is 1. The number of nitrogens with zero attached hydrogens (tertiary/aromatic N) is 2. The van der Waals surface area contributed by atoms with Crippen LogP contribution in [0.1, 0.15) is 23.7 Å². The monoisotopic (exact) mass is 425 g/mol. The van der Waals surface area contributed by atoms with Crippen molar-refractivity contribution >= 4 is 23.4 Å². The van der Waals surface area contributed by atoms with Gasteiger partial charge in [0.15, 0.2) is 0 Å². The molecule has 2 aromatic rings. The summed E-state index contributed by atoms with van der Waals surface area (Å²) < 4.78 is 50.0. The van der Waals surface area contributed by atoms with Gasteiger partial charge in [0.2, 0.25) is 5.91 Å². The first-order valence-corrected chi connectivity index (χ1v) is 9.16. The normalized spacial score (nSPS) is 12.1. The van der Waals surface area contributed by atoms with Gasteiger partial charge in [0.25, 0.3) is 0 Å². The van der Waals surface area contributed by atoms with Crippen molar-refractivity contribution in [3.8, 4) is 17.6 Å². The van der Waals surface area contributed by atoms with Crippen LogP contribution in [-0.4, -0.2) is 30.4 Å². The summed E-state index contributed by atoms with van der Waals surface area (Å²) in [5.41, 5.74) is -1.17. The van der Waals surface area contributed by atoms with E-state index in [9.17, 15) is 23.2 Å². The number of carbonyl (C=O) groups is 1. The second-order valence-electron chi connectivity index (χ2n) is 5.95. The Kier molecular flexibility index (Phi) is 6.97. The number of anilines is 1. The molecule has 0 radical (unpaired) electrons. The first kappa shape index (κ1) is 22.4. The number of benzene rings is 1. The lowest BCUT2D eigenvalue weighted by atomic mass is 10.1. The zero-order chi connectivity index (χ0) is 21.8. The van der Waals surface area contributed by atoms with E-state index in [1.54, 1.807) is 24.3 Å². The lowest BCUT2D eigenvalue weighted by molar-refractivity contribution is -0.138. The molecule has 1 atom stereocenters. The van der Waals surface area contributed by atoms with Crippen molar-refractivity contribution in [1.82, 2.24) is 4.98 Å². The molecular weight excluding hydrogens is 407 g/mol. The van der Waals surface area contributed by atoms with E-state index in [1.807, 2.05) is 0 Å². The summed E-state index contributed by atoms with van der Waals surface area (Å²) in [6.45, 7) is 2.91. The van der Waals surface area contributed by atoms with Crippen molar-refractivity contribution in [2.75, 3.05) is 19.5 Å². The molecule has 1 heterocycles. The SMILES string of the molecule is COc1cc(NC(=O)C(C)Sc2nc(C)cc(C(F)(F)F)c2C#N)cc(OC)c1. The third kappa shape index (κ3) is 5.54. The highest BCUT2D eigenvalue weighted by atomic mass is 32.2. The number of alkyl halides is 3. The molecule has 2 rings (SSSR count). The molecule has 1 N–H and O–H groups in total. The minimum atomic E-state index is -4.70. The molecule has 154 valence electrons. The molecule has 6 nitrogen and oxygen atoms in total. The molecule has 0 bridgehead atoms. The van der Waals surface area contributed by atoms with Crippen molar-refractivity contribution in [3.05, 3.63) is 41.1 Å². The van der Waals surface area contributed by atoms with Crippen molar-refractivity contribution in [2.24, 2.45) is 0 Å². The van der Waals surface area contributed by atoms with Crippen LogP contribution in [0.4, 0.5) is 18.9 Å². The Balaban J connectivity index is 2.27. The zero-order valence-corrected chi connectivity index (χ0v) is 16.9. The maximum atomic E-state index is 13.2. The number of nitrogens with one attached hydrogen (secondary N) is 1. The molecule has 0 spiro atoms. The third-order valence-electron chi connectivity index (χ3n) is 3.81. The van der Waals surface area contributed by atoms with Gasteiger partial charge in [-0.05, 0) is 19.9 Å². The molecular formula is C19H18F3N3O3S. The van der Waals surface area contributed by atoms with Gasteiger partial charge in [0.1, 0.15) is 22.6 Å². The number of amides is 1. The summed E-state index contributed by atoms with van der Waals surface area (Å²) in [6, 6.07) is 7.15. The van der Waals surface area contributed by atoms with Gasteiger partial charge < -0.3 is 14.8 Å². The average Bonchev–Trinajstić information content (AvgIpc) is 2.66. The summed E-state index contributed by atoms with van der Waals surface area (Å²) in [5.74, 6) is 0.440. The molecule has 0 aliphatic rings. The Bertz CT molecular complexity index is 936. The third-order valence-corrected chi connectivity index (χ3v) is 4.89. The number of aromatic nitrogens is 1. The standard InChI is InChI=1S/C19H18F3N3O3S/c1-10-5-16(19(20,21)22)15(9-23)18(24-10)29-11(2)17(26)25-12-6-13(27-3)8-14(7-12)28-4/h5-8,11H,1-4H3,(H,25,26). The van der Waals surface area contributed by atoms with Gasteiger partial charge in [-0.15, -0.1) is 0 Å². The maximum absolute atomic E-state index is 13.2. The molecule has 0 aliphatic carbocycles. The summed E-state index contributed by atoms with van der Waals surface area (Å²) in [7, 11) is 2.92. The van der Waals surface area contributed by atoms with Crippen molar-refractivity contribution in [3.63, 3.8) is 0 Å². The lowest BCUT2D eigenvalue weighted by Gasteiger charge is -2.16. The molecule has 0 saturated heterocycles. The van der Waals surface area contributed by atoms with Crippen LogP contribution in [0.3, 0.4) is 0 Å². The van der Waals surface area contributed by atoms with Gasteiger partial charge >= 0.3 is 6.18 Å². The first-order chi connectivity index (χ1) is 13.6. The van der Waals surface area contributed by atoms with Crippen molar-refractivity contribution in [1.29, 1.82) is 5.26 Å². The quantitative estimate of drug-likeness (QED) is 0.690. The van der Waals surface area contributed by atoms with Crippen LogP contribution in [0.15, 0.2) is 29.3 Å². The molecule has 0 saturated carbocycles. The Morgan fingerprint density at radius 1 is 1.21 bits per heavy atom. The predicted molar refractivity (Wildman–Crippen MR) is 102 cm³/mol. The number of thioether (sulfide) groups is 1. The number of pyridine rings is 1. The van der Waals surface area contributed by atoms with Gasteiger partial charge in [0, 0.05) is 29.6 Å². The Hall–Kier alpha value is -2.93. The number of hydrogen-bond acceptors (Lipinski definition) is 6. The number of ether oxygens (including phenoxy) is 2. The van der Waals surface area contributed by atoms with Crippen LogP contribution in [0.5, 0.6) is 11.5 Å². The van der Waals surface area contributed by atoms with Crippen LogP contribution in [0, 0.1) is 18.3 Å². The topological polar surface area (TPSA) is 84.2 Å². The highest BCUT2D eigenvalue weighted by molar-refractivity contribution is 8.00. The van der Waals surface area contributed by atoms with Gasteiger partial charge in [-0.25, -0.2) is 4.98 Å². The molecule has 29 heavy (non-hydrogen) atoms. The second-order valence-corrected chi connectivity index (χ2v) is 7.28. The summed E-state index contributed by atoms with van der Waals surface area (Å²) in [6.07, 6.45) is -4.70. The molecule has 1 amide bonds. The van der Waals surface area contributed by atoms with Gasteiger partial charge in [0.05, 0.1) is 30.6 Å². The molecule has 10 heteroatoms. The number of hydrogen-bond donors (Lipinski definition) is 1. The first-order valence-electron chi connectivity index (χ1n) is 8.28. The van der Waals surface area contributed by atoms with Gasteiger partial charge in [-0.1, -0.05) is 11.8 Å². The van der Waals surface area contributed by atoms with Crippen LogP contribution in [0.2, 0.25) is 0 Å². The zero-order valence-electron chi connectivity index (χ0n) is 16.0. The summed E-state index contributed by atoms with van der Waals surface area (Å²) >= 11 is 0.778. The predicted octanol–water partition coefficient (Wildman–Crippen LogP) is 4.42. The minimum Gasteiger partial charge on any atom is -0.497 e. The van der Waals surface area contributed by atoms with Crippen LogP contribution < -0.4 is 14.8 Å². The maximum Gasteiger partial charge on any atom is 0.417 e. The second kappa shape index (κ2) is 9.05. The van der Waals surface area contributed by atoms with Crippen LogP contribution >= 0.6 is 11.8 Å². The number of nitriles is 1. The van der Waals surface area contributed by atoms with Crippen molar-refractivity contribution < 1.29 is 27.4 Å². The van der Waals surface area contributed by atoms with E-state index in [0.717, 1.165) is 17.8 Å². The Morgan fingerprint density at radius 3 is 2.28 bits per heavy atom.